The van der Waals surface area contributed by atoms with Crippen LogP contribution < -0.4 is 16.4 Å². The van der Waals surface area contributed by atoms with Crippen LogP contribution in [-0.4, -0.2) is 18.4 Å². The van der Waals surface area contributed by atoms with Gasteiger partial charge in [0.25, 0.3) is 0 Å². The van der Waals surface area contributed by atoms with E-state index in [-0.39, 0.29) is 5.91 Å². The Hall–Kier alpha value is -2.82. The van der Waals surface area contributed by atoms with Crippen LogP contribution in [0.15, 0.2) is 54.6 Å². The van der Waals surface area contributed by atoms with E-state index in [4.69, 9.17) is 5.73 Å². The fraction of sp³-hybridized carbons (Fsp3) is 0.125. The molecule has 0 aliphatic heterocycles. The van der Waals surface area contributed by atoms with Gasteiger partial charge in [-0.25, -0.2) is 0 Å². The molecule has 4 N–H and O–H groups in total. The van der Waals surface area contributed by atoms with Crippen molar-refractivity contribution in [3.8, 4) is 0 Å². The van der Waals surface area contributed by atoms with Gasteiger partial charge in [0.15, 0.2) is 0 Å². The summed E-state index contributed by atoms with van der Waals surface area (Å²) < 4.78 is 0. The average Bonchev–Trinajstić information content (AvgIpc) is 2.50. The Kier molecular flexibility index (Phi) is 4.93. The van der Waals surface area contributed by atoms with Crippen molar-refractivity contribution in [1.82, 2.24) is 5.32 Å². The predicted octanol–water partition coefficient (Wildman–Crippen LogP) is 1.56. The first-order chi connectivity index (χ1) is 10.2. The molecule has 0 aromatic heterocycles. The van der Waals surface area contributed by atoms with Gasteiger partial charge in [0.2, 0.25) is 12.3 Å². The highest BCUT2D eigenvalue weighted by Crippen LogP contribution is 2.11. The molecule has 1 unspecified atom stereocenters. The number of amides is 2. The predicted molar refractivity (Wildman–Crippen MR) is 82.6 cm³/mol. The zero-order valence-electron chi connectivity index (χ0n) is 11.5. The third-order valence-corrected chi connectivity index (χ3v) is 3.05. The summed E-state index contributed by atoms with van der Waals surface area (Å²) in [6, 6.07) is 15.7. The molecule has 0 saturated heterocycles. The van der Waals surface area contributed by atoms with Crippen LogP contribution in [0.3, 0.4) is 0 Å². The quantitative estimate of drug-likeness (QED) is 0.555. The van der Waals surface area contributed by atoms with E-state index in [1.165, 1.54) is 0 Å². The van der Waals surface area contributed by atoms with Crippen LogP contribution in [0.2, 0.25) is 0 Å². The largest absolute Gasteiger partial charge is 0.399 e. The van der Waals surface area contributed by atoms with Crippen LogP contribution in [0.5, 0.6) is 0 Å². The van der Waals surface area contributed by atoms with Gasteiger partial charge in [-0.05, 0) is 29.8 Å². The second-order valence-electron chi connectivity index (χ2n) is 4.64. The Labute approximate surface area is 123 Å². The van der Waals surface area contributed by atoms with Crippen molar-refractivity contribution in [3.63, 3.8) is 0 Å². The molecule has 5 nitrogen and oxygen atoms in total. The smallest absolute Gasteiger partial charge is 0.247 e. The molecule has 2 rings (SSSR count). The summed E-state index contributed by atoms with van der Waals surface area (Å²) in [6.07, 6.45) is 0.969. The second kappa shape index (κ2) is 7.09. The van der Waals surface area contributed by atoms with E-state index >= 15 is 0 Å². The molecule has 2 aromatic rings. The summed E-state index contributed by atoms with van der Waals surface area (Å²) in [5.74, 6) is -0.268. The number of hydrogen-bond acceptors (Lipinski definition) is 3. The Morgan fingerprint density at radius 2 is 1.76 bits per heavy atom. The first kappa shape index (κ1) is 14.6. The Morgan fingerprint density at radius 1 is 1.10 bits per heavy atom. The minimum atomic E-state index is -0.623. The Balaban J connectivity index is 2.04. The number of benzene rings is 2. The van der Waals surface area contributed by atoms with Gasteiger partial charge in [-0.1, -0.05) is 30.3 Å². The maximum Gasteiger partial charge on any atom is 0.247 e. The highest BCUT2D eigenvalue weighted by molar-refractivity contribution is 5.96. The SMILES string of the molecule is Nc1ccc(NC(=O)C(Cc2ccccc2)NC=O)cc1. The number of anilines is 2. The van der Waals surface area contributed by atoms with Gasteiger partial charge in [0, 0.05) is 17.8 Å². The highest BCUT2D eigenvalue weighted by Gasteiger charge is 2.18. The maximum absolute atomic E-state index is 12.2. The van der Waals surface area contributed by atoms with E-state index in [1.54, 1.807) is 24.3 Å². The number of nitrogens with two attached hydrogens (primary N) is 1. The molecule has 0 saturated carbocycles. The summed E-state index contributed by atoms with van der Waals surface area (Å²) >= 11 is 0. The normalized spacial score (nSPS) is 11.4. The molecule has 0 spiro atoms. The van der Waals surface area contributed by atoms with Crippen molar-refractivity contribution in [3.05, 3.63) is 60.2 Å². The van der Waals surface area contributed by atoms with E-state index in [0.717, 1.165) is 5.56 Å². The summed E-state index contributed by atoms with van der Waals surface area (Å²) in [5.41, 5.74) is 7.84. The van der Waals surface area contributed by atoms with E-state index in [2.05, 4.69) is 10.6 Å². The first-order valence-electron chi connectivity index (χ1n) is 6.59. The standard InChI is InChI=1S/C16H17N3O2/c17-13-6-8-14(9-7-13)19-16(21)15(18-11-20)10-12-4-2-1-3-5-12/h1-9,11,15H,10,17H2,(H,18,20)(H,19,21). The minimum absolute atomic E-state index is 0.268. The second-order valence-corrected chi connectivity index (χ2v) is 4.64. The zero-order chi connectivity index (χ0) is 15.1. The molecule has 21 heavy (non-hydrogen) atoms. The summed E-state index contributed by atoms with van der Waals surface area (Å²) in [6.45, 7) is 0. The van der Waals surface area contributed by atoms with Crippen LogP contribution in [0.4, 0.5) is 11.4 Å². The fourth-order valence-corrected chi connectivity index (χ4v) is 1.96. The molecule has 1 atom stereocenters. The lowest BCUT2D eigenvalue weighted by Gasteiger charge is -2.16. The van der Waals surface area contributed by atoms with Crippen molar-refractivity contribution >= 4 is 23.7 Å². The Bertz CT molecular complexity index is 597. The minimum Gasteiger partial charge on any atom is -0.399 e. The zero-order valence-corrected chi connectivity index (χ0v) is 11.5. The molecule has 0 aliphatic rings. The number of carbonyl (C=O) groups excluding carboxylic acids is 2. The molecule has 108 valence electrons. The van der Waals surface area contributed by atoms with Crippen LogP contribution >= 0.6 is 0 Å². The third kappa shape index (κ3) is 4.35. The molecular weight excluding hydrogens is 266 g/mol. The molecule has 0 aliphatic carbocycles. The number of nitrogens with one attached hydrogen (secondary N) is 2. The van der Waals surface area contributed by atoms with Gasteiger partial charge >= 0.3 is 0 Å². The molecule has 2 aromatic carbocycles. The topological polar surface area (TPSA) is 84.2 Å². The van der Waals surface area contributed by atoms with Gasteiger partial charge in [-0.2, -0.15) is 0 Å². The van der Waals surface area contributed by atoms with Crippen LogP contribution in [0.25, 0.3) is 0 Å². The van der Waals surface area contributed by atoms with Gasteiger partial charge in [0.05, 0.1) is 0 Å². The molecule has 5 heteroatoms. The van der Waals surface area contributed by atoms with Crippen molar-refractivity contribution in [2.45, 2.75) is 12.5 Å². The van der Waals surface area contributed by atoms with Crippen molar-refractivity contribution in [2.24, 2.45) is 0 Å². The van der Waals surface area contributed by atoms with Gasteiger partial charge in [0.1, 0.15) is 6.04 Å². The third-order valence-electron chi connectivity index (χ3n) is 3.05. The molecular formula is C16H17N3O2. The summed E-state index contributed by atoms with van der Waals surface area (Å²) in [5, 5.41) is 5.30. The van der Waals surface area contributed by atoms with Crippen molar-refractivity contribution in [1.29, 1.82) is 0 Å². The first-order valence-corrected chi connectivity index (χ1v) is 6.59. The van der Waals surface area contributed by atoms with E-state index in [0.29, 0.717) is 24.2 Å². The molecule has 0 bridgehead atoms. The number of hydrogen-bond donors (Lipinski definition) is 3. The van der Waals surface area contributed by atoms with E-state index < -0.39 is 6.04 Å². The Morgan fingerprint density at radius 3 is 2.38 bits per heavy atom. The van der Waals surface area contributed by atoms with Gasteiger partial charge < -0.3 is 16.4 Å². The molecule has 0 heterocycles. The molecule has 0 radical (unpaired) electrons. The van der Waals surface area contributed by atoms with Gasteiger partial charge in [-0.3, -0.25) is 9.59 Å². The lowest BCUT2D eigenvalue weighted by Crippen LogP contribution is -2.41. The van der Waals surface area contributed by atoms with Crippen LogP contribution in [-0.2, 0) is 16.0 Å². The fourth-order valence-electron chi connectivity index (χ4n) is 1.96. The highest BCUT2D eigenvalue weighted by atomic mass is 16.2. The number of nitrogen functional groups attached to an aromatic ring is 1. The van der Waals surface area contributed by atoms with Crippen molar-refractivity contribution < 1.29 is 9.59 Å². The molecule has 0 fully saturated rings. The lowest BCUT2D eigenvalue weighted by atomic mass is 10.1. The monoisotopic (exact) mass is 283 g/mol. The lowest BCUT2D eigenvalue weighted by molar-refractivity contribution is -0.121. The van der Waals surface area contributed by atoms with Gasteiger partial charge in [-0.15, -0.1) is 0 Å². The number of carbonyl (C=O) groups is 2. The van der Waals surface area contributed by atoms with E-state index in [1.807, 2.05) is 30.3 Å². The number of rotatable bonds is 6. The van der Waals surface area contributed by atoms with Crippen LogP contribution in [0, 0.1) is 0 Å². The molecule has 2 amide bonds. The van der Waals surface area contributed by atoms with Crippen LogP contribution in [0.1, 0.15) is 5.56 Å². The summed E-state index contributed by atoms with van der Waals surface area (Å²) in [7, 11) is 0. The average molecular weight is 283 g/mol. The summed E-state index contributed by atoms with van der Waals surface area (Å²) in [4.78, 5) is 22.9. The maximum atomic E-state index is 12.2. The van der Waals surface area contributed by atoms with E-state index in [9.17, 15) is 9.59 Å². The van der Waals surface area contributed by atoms with Crippen molar-refractivity contribution in [2.75, 3.05) is 11.1 Å².